The van der Waals surface area contributed by atoms with Crippen LogP contribution in [-0.4, -0.2) is 38.0 Å². The van der Waals surface area contributed by atoms with Crippen LogP contribution < -0.4 is 20.4 Å². The van der Waals surface area contributed by atoms with Crippen LogP contribution in [0.4, 0.5) is 26.2 Å². The molecule has 3 aromatic rings. The van der Waals surface area contributed by atoms with Gasteiger partial charge in [0.15, 0.2) is 0 Å². The average Bonchev–Trinajstić information content (AvgIpc) is 2.81. The fourth-order valence-electron chi connectivity index (χ4n) is 3.18. The molecule has 0 spiro atoms. The van der Waals surface area contributed by atoms with Gasteiger partial charge in [0.2, 0.25) is 11.8 Å². The van der Waals surface area contributed by atoms with Crippen molar-refractivity contribution < 1.29 is 18.8 Å². The van der Waals surface area contributed by atoms with Crippen molar-refractivity contribution in [3.63, 3.8) is 0 Å². The summed E-state index contributed by atoms with van der Waals surface area (Å²) in [4.78, 5) is 40.5. The topological polar surface area (TPSA) is 81.8 Å². The smallest absolute Gasteiger partial charge is 0.319 e. The Hall–Kier alpha value is -4.20. The summed E-state index contributed by atoms with van der Waals surface area (Å²) in [6.07, 6.45) is 0. The van der Waals surface area contributed by atoms with Gasteiger partial charge in [-0.25, -0.2) is 9.18 Å². The van der Waals surface area contributed by atoms with Crippen molar-refractivity contribution in [2.24, 2.45) is 0 Å². The summed E-state index contributed by atoms with van der Waals surface area (Å²) in [6, 6.07) is 21.2. The van der Waals surface area contributed by atoms with Gasteiger partial charge in [-0.15, -0.1) is 0 Å². The van der Waals surface area contributed by atoms with Gasteiger partial charge in [0.25, 0.3) is 0 Å². The molecule has 3 rings (SSSR count). The largest absolute Gasteiger partial charge is 0.329 e. The van der Waals surface area contributed by atoms with Gasteiger partial charge in [-0.2, -0.15) is 0 Å². The number of amides is 4. The zero-order valence-electron chi connectivity index (χ0n) is 18.4. The third-order valence-corrected chi connectivity index (χ3v) is 4.93. The summed E-state index contributed by atoms with van der Waals surface area (Å²) < 4.78 is 14.1. The molecule has 0 bridgehead atoms. The number of urea groups is 1. The van der Waals surface area contributed by atoms with Gasteiger partial charge in [0.05, 0.1) is 12.2 Å². The highest BCUT2D eigenvalue weighted by Crippen LogP contribution is 2.19. The lowest BCUT2D eigenvalue weighted by atomic mass is 10.2. The summed E-state index contributed by atoms with van der Waals surface area (Å²) in [7, 11) is 1.45. The maximum atomic E-state index is 14.1. The van der Waals surface area contributed by atoms with Crippen LogP contribution in [0.2, 0.25) is 0 Å². The number of anilines is 3. The second kappa shape index (κ2) is 10.9. The van der Waals surface area contributed by atoms with E-state index in [0.29, 0.717) is 11.4 Å². The predicted octanol–water partition coefficient (Wildman–Crippen LogP) is 3.95. The molecule has 4 amide bonds. The molecule has 0 aromatic heterocycles. The molecule has 0 saturated carbocycles. The SMILES string of the molecule is Cc1cccc(NC(=O)NCC(=O)N(CC(=O)N(C)c2ccccc2F)c2ccccc2)c1. The molecule has 33 heavy (non-hydrogen) atoms. The number of halogens is 1. The molecule has 0 atom stereocenters. The molecule has 170 valence electrons. The van der Waals surface area contributed by atoms with Gasteiger partial charge in [0.1, 0.15) is 12.4 Å². The number of rotatable bonds is 7. The number of nitrogens with one attached hydrogen (secondary N) is 2. The number of para-hydroxylation sites is 2. The summed E-state index contributed by atoms with van der Waals surface area (Å²) in [5.74, 6) is -1.52. The first-order valence-electron chi connectivity index (χ1n) is 10.3. The minimum Gasteiger partial charge on any atom is -0.329 e. The van der Waals surface area contributed by atoms with E-state index in [4.69, 9.17) is 0 Å². The van der Waals surface area contributed by atoms with E-state index in [2.05, 4.69) is 10.6 Å². The lowest BCUT2D eigenvalue weighted by molar-refractivity contribution is -0.121. The molecule has 0 unspecified atom stereocenters. The minimum absolute atomic E-state index is 0.110. The summed E-state index contributed by atoms with van der Waals surface area (Å²) >= 11 is 0. The summed E-state index contributed by atoms with van der Waals surface area (Å²) in [5.41, 5.74) is 2.18. The highest BCUT2D eigenvalue weighted by molar-refractivity contribution is 6.05. The molecular weight excluding hydrogens is 423 g/mol. The van der Waals surface area contributed by atoms with E-state index in [-0.39, 0.29) is 18.8 Å². The van der Waals surface area contributed by atoms with Crippen molar-refractivity contribution in [1.29, 1.82) is 0 Å². The van der Waals surface area contributed by atoms with Crippen LogP contribution in [0.3, 0.4) is 0 Å². The Morgan fingerprint density at radius 2 is 1.58 bits per heavy atom. The van der Waals surface area contributed by atoms with E-state index in [0.717, 1.165) is 10.5 Å². The second-order valence-corrected chi connectivity index (χ2v) is 7.40. The van der Waals surface area contributed by atoms with Crippen molar-refractivity contribution in [2.45, 2.75) is 6.92 Å². The van der Waals surface area contributed by atoms with Crippen molar-refractivity contribution in [1.82, 2.24) is 5.32 Å². The Kier molecular flexibility index (Phi) is 7.75. The molecule has 0 aliphatic rings. The van der Waals surface area contributed by atoms with Gasteiger partial charge >= 0.3 is 6.03 Å². The Morgan fingerprint density at radius 3 is 2.27 bits per heavy atom. The van der Waals surface area contributed by atoms with Crippen LogP contribution in [0.15, 0.2) is 78.9 Å². The zero-order valence-corrected chi connectivity index (χ0v) is 18.4. The third kappa shape index (κ3) is 6.39. The second-order valence-electron chi connectivity index (χ2n) is 7.40. The zero-order chi connectivity index (χ0) is 23.8. The van der Waals surface area contributed by atoms with Gasteiger partial charge < -0.3 is 20.4 Å². The van der Waals surface area contributed by atoms with Crippen molar-refractivity contribution in [3.8, 4) is 0 Å². The van der Waals surface area contributed by atoms with Crippen LogP contribution in [-0.2, 0) is 9.59 Å². The number of carbonyl (C=O) groups excluding carboxylic acids is 3. The number of likely N-dealkylation sites (N-methyl/N-ethyl adjacent to an activating group) is 1. The standard InChI is InChI=1S/C25H25FN4O3/c1-18-9-8-10-19(15-18)28-25(33)27-16-23(31)30(20-11-4-3-5-12-20)17-24(32)29(2)22-14-7-6-13-21(22)26/h3-15H,16-17H2,1-2H3,(H2,27,28,33). The van der Waals surface area contributed by atoms with Crippen LogP contribution in [0.25, 0.3) is 0 Å². The van der Waals surface area contributed by atoms with Crippen molar-refractivity contribution in [3.05, 3.63) is 90.2 Å². The molecule has 0 aliphatic heterocycles. The average molecular weight is 448 g/mol. The lowest BCUT2D eigenvalue weighted by Gasteiger charge is -2.26. The summed E-state index contributed by atoms with van der Waals surface area (Å²) in [6.45, 7) is 1.25. The monoisotopic (exact) mass is 448 g/mol. The molecule has 8 heteroatoms. The van der Waals surface area contributed by atoms with Gasteiger partial charge in [-0.3, -0.25) is 9.59 Å². The number of hydrogen-bond donors (Lipinski definition) is 2. The molecular formula is C25H25FN4O3. The van der Waals surface area contributed by atoms with E-state index in [1.165, 1.54) is 30.1 Å². The van der Waals surface area contributed by atoms with Crippen molar-refractivity contribution in [2.75, 3.05) is 35.3 Å². The number of aryl methyl sites for hydroxylation is 1. The quantitative estimate of drug-likeness (QED) is 0.574. The first-order valence-corrected chi connectivity index (χ1v) is 10.3. The number of benzene rings is 3. The highest BCUT2D eigenvalue weighted by atomic mass is 19.1. The summed E-state index contributed by atoms with van der Waals surface area (Å²) in [5, 5.41) is 5.18. The maximum Gasteiger partial charge on any atom is 0.319 e. The van der Waals surface area contributed by atoms with Gasteiger partial charge in [-0.05, 0) is 48.9 Å². The normalized spacial score (nSPS) is 10.3. The lowest BCUT2D eigenvalue weighted by Crippen LogP contribution is -2.46. The molecule has 3 aromatic carbocycles. The van der Waals surface area contributed by atoms with E-state index >= 15 is 0 Å². The maximum absolute atomic E-state index is 14.1. The Balaban J connectivity index is 1.68. The van der Waals surface area contributed by atoms with E-state index in [1.54, 1.807) is 48.5 Å². The first kappa shape index (κ1) is 23.5. The third-order valence-electron chi connectivity index (χ3n) is 4.93. The Bertz CT molecular complexity index is 1140. The molecule has 7 nitrogen and oxygen atoms in total. The van der Waals surface area contributed by atoms with E-state index in [9.17, 15) is 18.8 Å². The van der Waals surface area contributed by atoms with Crippen LogP contribution in [0.5, 0.6) is 0 Å². The predicted molar refractivity (Wildman–Crippen MR) is 127 cm³/mol. The van der Waals surface area contributed by atoms with Crippen LogP contribution in [0, 0.1) is 12.7 Å². The van der Waals surface area contributed by atoms with Gasteiger partial charge in [-0.1, -0.05) is 42.5 Å². The van der Waals surface area contributed by atoms with Gasteiger partial charge in [0, 0.05) is 18.4 Å². The van der Waals surface area contributed by atoms with Crippen LogP contribution in [0.1, 0.15) is 5.56 Å². The van der Waals surface area contributed by atoms with Crippen molar-refractivity contribution >= 4 is 34.9 Å². The first-order chi connectivity index (χ1) is 15.8. The molecule has 0 aliphatic carbocycles. The minimum atomic E-state index is -0.545. The fourth-order valence-corrected chi connectivity index (χ4v) is 3.18. The van der Waals surface area contributed by atoms with E-state index in [1.807, 2.05) is 19.1 Å². The number of hydrogen-bond acceptors (Lipinski definition) is 3. The number of carbonyl (C=O) groups is 3. The Morgan fingerprint density at radius 1 is 0.879 bits per heavy atom. The molecule has 0 heterocycles. The fraction of sp³-hybridized carbons (Fsp3) is 0.160. The molecule has 0 fully saturated rings. The molecule has 0 saturated heterocycles. The van der Waals surface area contributed by atoms with Crippen LogP contribution >= 0.6 is 0 Å². The Labute approximate surface area is 191 Å². The molecule has 2 N–H and O–H groups in total. The number of nitrogens with zero attached hydrogens (tertiary/aromatic N) is 2. The molecule has 0 radical (unpaired) electrons. The highest BCUT2D eigenvalue weighted by Gasteiger charge is 2.23. The van der Waals surface area contributed by atoms with E-state index < -0.39 is 23.7 Å².